The van der Waals surface area contributed by atoms with Crippen LogP contribution in [0.5, 0.6) is 0 Å². The summed E-state index contributed by atoms with van der Waals surface area (Å²) in [5, 5.41) is 0. The topological polar surface area (TPSA) is 46.5 Å². The fraction of sp³-hybridized carbons (Fsp3) is 0.143. The molecule has 2 rings (SSSR count). The average Bonchev–Trinajstić information content (AvgIpc) is 2.39. The summed E-state index contributed by atoms with van der Waals surface area (Å²) in [6.07, 6.45) is 1.43. The second kappa shape index (κ2) is 5.67. The average molecular weight is 293 g/mol. The lowest BCUT2D eigenvalue weighted by Gasteiger charge is -2.10. The highest BCUT2D eigenvalue weighted by atomic mass is 32.3. The molecule has 0 bridgehead atoms. The quantitative estimate of drug-likeness (QED) is 0.872. The number of rotatable bonds is 3. The molecule has 5 heteroatoms. The lowest BCUT2D eigenvalue weighted by molar-refractivity contribution is 0.675. The van der Waals surface area contributed by atoms with E-state index in [0.29, 0.717) is 9.79 Å². The second-order valence-electron chi connectivity index (χ2n) is 4.15. The van der Waals surface area contributed by atoms with Crippen LogP contribution in [0.1, 0.15) is 5.56 Å². The molecule has 2 unspecified atom stereocenters. The standard InChI is InChI=1S/C14H15NO2S2/c1-12-8-10-14(11-9-12)19(17,15-18(2)16)13-6-4-3-5-7-13/h3-11H,1-2H3. The molecule has 0 aromatic heterocycles. The molecule has 19 heavy (non-hydrogen) atoms. The van der Waals surface area contributed by atoms with Crippen molar-refractivity contribution < 1.29 is 8.42 Å². The first-order valence-electron chi connectivity index (χ1n) is 5.75. The largest absolute Gasteiger partial charge is 0.239 e. The molecule has 0 aliphatic rings. The Hall–Kier alpha value is -1.46. The molecule has 0 amide bonds. The Labute approximate surface area is 116 Å². The summed E-state index contributed by atoms with van der Waals surface area (Å²) in [4.78, 5) is 1.16. The Morgan fingerprint density at radius 2 is 1.47 bits per heavy atom. The molecule has 2 aromatic carbocycles. The van der Waals surface area contributed by atoms with Gasteiger partial charge in [0.1, 0.15) is 20.7 Å². The summed E-state index contributed by atoms with van der Waals surface area (Å²) < 4.78 is 28.6. The van der Waals surface area contributed by atoms with Crippen molar-refractivity contribution in [3.8, 4) is 0 Å². The fourth-order valence-corrected chi connectivity index (χ4v) is 4.87. The lowest BCUT2D eigenvalue weighted by atomic mass is 10.2. The van der Waals surface area contributed by atoms with E-state index in [2.05, 4.69) is 3.77 Å². The normalized spacial score (nSPS) is 15.5. The van der Waals surface area contributed by atoms with Crippen molar-refractivity contribution in [3.63, 3.8) is 0 Å². The Kier molecular flexibility index (Phi) is 4.17. The number of nitrogens with zero attached hydrogens (tertiary/aromatic N) is 1. The zero-order chi connectivity index (χ0) is 13.9. The van der Waals surface area contributed by atoms with Crippen molar-refractivity contribution in [2.24, 2.45) is 3.77 Å². The zero-order valence-electron chi connectivity index (χ0n) is 10.8. The Balaban J connectivity index is 2.70. The smallest absolute Gasteiger partial charge is 0.145 e. The molecule has 0 N–H and O–H groups in total. The summed E-state index contributed by atoms with van der Waals surface area (Å²) >= 11 is 0. The van der Waals surface area contributed by atoms with Crippen molar-refractivity contribution in [1.82, 2.24) is 0 Å². The summed E-state index contributed by atoms with van der Waals surface area (Å²) in [5.41, 5.74) is 1.08. The van der Waals surface area contributed by atoms with Crippen LogP contribution in [0.4, 0.5) is 0 Å². The third kappa shape index (κ3) is 3.11. The molecule has 2 atom stereocenters. The van der Waals surface area contributed by atoms with Gasteiger partial charge in [-0.05, 0) is 31.2 Å². The van der Waals surface area contributed by atoms with Gasteiger partial charge < -0.3 is 0 Å². The molecule has 0 radical (unpaired) electrons. The minimum absolute atomic E-state index is 0.578. The van der Waals surface area contributed by atoms with Crippen molar-refractivity contribution in [3.05, 3.63) is 60.2 Å². The van der Waals surface area contributed by atoms with Crippen LogP contribution in [0.2, 0.25) is 0 Å². The minimum atomic E-state index is -2.84. The highest BCUT2D eigenvalue weighted by Gasteiger charge is 2.16. The van der Waals surface area contributed by atoms with E-state index in [1.165, 1.54) is 6.26 Å². The molecule has 0 spiro atoms. The van der Waals surface area contributed by atoms with Crippen LogP contribution < -0.4 is 0 Å². The fourth-order valence-electron chi connectivity index (χ4n) is 1.70. The van der Waals surface area contributed by atoms with Crippen LogP contribution in [-0.4, -0.2) is 14.7 Å². The molecule has 2 aromatic rings. The molecular formula is C14H15NO2S2. The molecule has 0 fully saturated rings. The van der Waals surface area contributed by atoms with Gasteiger partial charge in [-0.1, -0.05) is 35.9 Å². The van der Waals surface area contributed by atoms with Crippen molar-refractivity contribution in [2.75, 3.05) is 6.26 Å². The van der Waals surface area contributed by atoms with Crippen molar-refractivity contribution in [2.45, 2.75) is 16.7 Å². The third-order valence-corrected chi connectivity index (χ3v) is 6.11. The highest BCUT2D eigenvalue weighted by molar-refractivity contribution is 8.00. The van der Waals surface area contributed by atoms with Gasteiger partial charge in [-0.15, -0.1) is 3.77 Å². The van der Waals surface area contributed by atoms with E-state index in [1.54, 1.807) is 36.4 Å². The molecule has 3 nitrogen and oxygen atoms in total. The maximum absolute atomic E-state index is 13.2. The van der Waals surface area contributed by atoms with E-state index in [-0.39, 0.29) is 0 Å². The van der Waals surface area contributed by atoms with Crippen LogP contribution in [0.3, 0.4) is 0 Å². The lowest BCUT2D eigenvalue weighted by Crippen LogP contribution is -2.03. The first-order chi connectivity index (χ1) is 9.02. The first-order valence-corrected chi connectivity index (χ1v) is 8.78. The van der Waals surface area contributed by atoms with E-state index >= 15 is 0 Å². The summed E-state index contributed by atoms with van der Waals surface area (Å²) in [6, 6.07) is 16.3. The SMILES string of the molecule is Cc1ccc(S(=O)(=NS(C)=O)c2ccccc2)cc1. The molecule has 0 aliphatic heterocycles. The monoisotopic (exact) mass is 293 g/mol. The van der Waals surface area contributed by atoms with Gasteiger partial charge in [-0.25, -0.2) is 8.42 Å². The van der Waals surface area contributed by atoms with Crippen LogP contribution in [-0.2, 0) is 20.7 Å². The molecule has 0 saturated carbocycles. The number of benzene rings is 2. The molecule has 100 valence electrons. The van der Waals surface area contributed by atoms with Crippen LogP contribution >= 0.6 is 0 Å². The summed E-state index contributed by atoms with van der Waals surface area (Å²) in [5.74, 6) is 0. The van der Waals surface area contributed by atoms with Gasteiger partial charge >= 0.3 is 0 Å². The van der Waals surface area contributed by atoms with E-state index in [0.717, 1.165) is 5.56 Å². The number of hydrogen-bond donors (Lipinski definition) is 0. The summed E-state index contributed by atoms with van der Waals surface area (Å²) in [7, 11) is -4.33. The maximum atomic E-state index is 13.2. The minimum Gasteiger partial charge on any atom is -0.239 e. The number of aryl methyl sites for hydroxylation is 1. The van der Waals surface area contributed by atoms with Gasteiger partial charge in [0, 0.05) is 6.26 Å². The Bertz CT molecular complexity index is 700. The van der Waals surface area contributed by atoms with E-state index < -0.39 is 20.7 Å². The van der Waals surface area contributed by atoms with Gasteiger partial charge in [0.2, 0.25) is 0 Å². The van der Waals surface area contributed by atoms with E-state index in [4.69, 9.17) is 0 Å². The Morgan fingerprint density at radius 3 is 2.00 bits per heavy atom. The predicted octanol–water partition coefficient (Wildman–Crippen LogP) is 3.17. The van der Waals surface area contributed by atoms with Crippen LogP contribution in [0.25, 0.3) is 0 Å². The summed E-state index contributed by atoms with van der Waals surface area (Å²) in [6.45, 7) is 1.96. The van der Waals surface area contributed by atoms with Gasteiger partial charge in [-0.2, -0.15) is 0 Å². The second-order valence-corrected chi connectivity index (χ2v) is 7.59. The van der Waals surface area contributed by atoms with Gasteiger partial charge in [-0.3, -0.25) is 0 Å². The molecule has 0 heterocycles. The first kappa shape index (κ1) is 14.0. The predicted molar refractivity (Wildman–Crippen MR) is 78.8 cm³/mol. The third-order valence-electron chi connectivity index (χ3n) is 2.61. The van der Waals surface area contributed by atoms with Gasteiger partial charge in [0.05, 0.1) is 9.79 Å². The highest BCUT2D eigenvalue weighted by Crippen LogP contribution is 2.24. The number of hydrogen-bond acceptors (Lipinski definition) is 2. The zero-order valence-corrected chi connectivity index (χ0v) is 12.4. The molecular weight excluding hydrogens is 278 g/mol. The van der Waals surface area contributed by atoms with Crippen molar-refractivity contribution in [1.29, 1.82) is 0 Å². The maximum Gasteiger partial charge on any atom is 0.145 e. The van der Waals surface area contributed by atoms with Gasteiger partial charge in [0.15, 0.2) is 0 Å². The molecule has 0 saturated heterocycles. The van der Waals surface area contributed by atoms with E-state index in [1.807, 2.05) is 25.1 Å². The molecule has 0 aliphatic carbocycles. The van der Waals surface area contributed by atoms with Crippen molar-refractivity contribution >= 4 is 20.7 Å². The van der Waals surface area contributed by atoms with Crippen LogP contribution in [0.15, 0.2) is 68.2 Å². The Morgan fingerprint density at radius 1 is 0.947 bits per heavy atom. The van der Waals surface area contributed by atoms with Gasteiger partial charge in [0.25, 0.3) is 0 Å². The van der Waals surface area contributed by atoms with Crippen LogP contribution in [0, 0.1) is 6.92 Å². The van der Waals surface area contributed by atoms with E-state index in [9.17, 15) is 8.42 Å².